The summed E-state index contributed by atoms with van der Waals surface area (Å²) in [6, 6.07) is 3.48. The van der Waals surface area contributed by atoms with Gasteiger partial charge in [-0.25, -0.2) is 4.98 Å². The summed E-state index contributed by atoms with van der Waals surface area (Å²) < 4.78 is 18.0. The summed E-state index contributed by atoms with van der Waals surface area (Å²) in [6.45, 7) is 14.0. The van der Waals surface area contributed by atoms with Gasteiger partial charge < -0.3 is 13.9 Å². The third kappa shape index (κ3) is 6.43. The molecular weight excluding hydrogens is 578 g/mol. The second kappa shape index (κ2) is 11.2. The van der Waals surface area contributed by atoms with E-state index in [0.717, 1.165) is 5.69 Å². The van der Waals surface area contributed by atoms with Crippen LogP contribution in [-0.4, -0.2) is 54.2 Å². The van der Waals surface area contributed by atoms with Gasteiger partial charge >= 0.3 is 0 Å². The molecule has 1 N–H and O–H groups in total. The Labute approximate surface area is 251 Å². The molecule has 0 aliphatic heterocycles. The molecule has 1 spiro atoms. The van der Waals surface area contributed by atoms with E-state index in [1.54, 1.807) is 13.2 Å². The fourth-order valence-corrected chi connectivity index (χ4v) is 7.74. The Morgan fingerprint density at radius 3 is 2.54 bits per heavy atom. The molecule has 3 heterocycles. The van der Waals surface area contributed by atoms with Crippen molar-refractivity contribution in [3.63, 3.8) is 0 Å². The Morgan fingerprint density at radius 1 is 1.12 bits per heavy atom. The van der Waals surface area contributed by atoms with Crippen LogP contribution in [0.3, 0.4) is 0 Å². The van der Waals surface area contributed by atoms with Crippen LogP contribution in [0.4, 0.5) is 5.13 Å². The van der Waals surface area contributed by atoms with Gasteiger partial charge in [0.2, 0.25) is 5.13 Å². The van der Waals surface area contributed by atoms with E-state index in [1.807, 2.05) is 13.0 Å². The summed E-state index contributed by atoms with van der Waals surface area (Å²) in [4.78, 5) is 21.7. The maximum atomic E-state index is 13.3. The van der Waals surface area contributed by atoms with E-state index in [-0.39, 0.29) is 10.9 Å². The molecule has 0 aromatic carbocycles. The van der Waals surface area contributed by atoms with Crippen LogP contribution in [-0.2, 0) is 4.43 Å². The maximum Gasteiger partial charge on any atom is 0.295 e. The molecule has 2 aliphatic carbocycles. The number of carbonyl (C=O) groups excluding carboxylic acids is 1. The Bertz CT molecular complexity index is 1430. The molecule has 3 aromatic rings. The number of amides is 1. The summed E-state index contributed by atoms with van der Waals surface area (Å²) in [7, 11) is -0.168. The van der Waals surface area contributed by atoms with Crippen molar-refractivity contribution in [2.75, 3.05) is 19.0 Å². The lowest BCUT2D eigenvalue weighted by atomic mass is 9.51. The molecule has 0 atom stereocenters. The number of pyridine rings is 2. The van der Waals surface area contributed by atoms with Crippen LogP contribution in [0.25, 0.3) is 11.1 Å². The molecule has 220 valence electrons. The number of methoxy groups -OCH3 is 1. The van der Waals surface area contributed by atoms with Crippen LogP contribution in [0.15, 0.2) is 24.5 Å². The normalized spacial score (nSPS) is 22.1. The van der Waals surface area contributed by atoms with Crippen LogP contribution in [0.1, 0.15) is 62.5 Å². The van der Waals surface area contributed by atoms with E-state index in [2.05, 4.69) is 59.3 Å². The van der Waals surface area contributed by atoms with Crippen LogP contribution in [0.2, 0.25) is 23.3 Å². The van der Waals surface area contributed by atoms with Gasteiger partial charge in [-0.15, -0.1) is 5.10 Å². The Balaban J connectivity index is 1.14. The van der Waals surface area contributed by atoms with Crippen molar-refractivity contribution >= 4 is 42.3 Å². The van der Waals surface area contributed by atoms with Crippen molar-refractivity contribution in [2.24, 2.45) is 11.3 Å². The number of nitrogens with one attached hydrogen (secondary N) is 1. The fraction of sp³-hybridized carbons (Fsp3) is 0.552. The number of aryl methyl sites for hydroxylation is 1. The van der Waals surface area contributed by atoms with E-state index in [1.165, 1.54) is 49.4 Å². The minimum absolute atomic E-state index is 0.243. The average Bonchev–Trinajstić information content (AvgIpc) is 3.30. The standard InChI is InChI=1S/C29H38ClN5O4SSi/c1-17-8-20(21-9-24(30)32-15-23(21)37-5)22(14-31-17)25(36)33-26-34-35-27(40-26)38-16-18-10-29(11-18)12-19(13-29)39-41(6,7)28(2,3)4/h8-9,14-15,18-19H,10-13,16H2,1-7H3,(H,33,34,36). The van der Waals surface area contributed by atoms with Gasteiger partial charge in [0, 0.05) is 29.1 Å². The van der Waals surface area contributed by atoms with Gasteiger partial charge in [0.1, 0.15) is 10.9 Å². The summed E-state index contributed by atoms with van der Waals surface area (Å²) >= 11 is 7.36. The zero-order valence-electron chi connectivity index (χ0n) is 24.7. The Hall–Kier alpha value is -2.60. The molecule has 5 rings (SSSR count). The van der Waals surface area contributed by atoms with E-state index in [0.29, 0.717) is 62.0 Å². The fourth-order valence-electron chi connectivity index (χ4n) is 5.63. The first-order chi connectivity index (χ1) is 19.3. The number of anilines is 1. The van der Waals surface area contributed by atoms with Crippen molar-refractivity contribution < 1.29 is 18.7 Å². The van der Waals surface area contributed by atoms with Crippen LogP contribution in [0.5, 0.6) is 10.9 Å². The third-order valence-corrected chi connectivity index (χ3v) is 14.2. The number of hydrogen-bond donors (Lipinski definition) is 1. The second-order valence-electron chi connectivity index (χ2n) is 12.9. The molecule has 2 saturated carbocycles. The monoisotopic (exact) mass is 615 g/mol. The molecule has 0 bridgehead atoms. The molecule has 9 nitrogen and oxygen atoms in total. The third-order valence-electron chi connectivity index (χ3n) is 8.73. The van der Waals surface area contributed by atoms with Crippen LogP contribution >= 0.6 is 22.9 Å². The topological polar surface area (TPSA) is 108 Å². The number of carbonyl (C=O) groups is 1. The van der Waals surface area contributed by atoms with E-state index in [4.69, 9.17) is 25.5 Å². The molecule has 41 heavy (non-hydrogen) atoms. The molecule has 2 aliphatic rings. The molecular formula is C29H38ClN5O4SSi. The first-order valence-corrected chi connectivity index (χ1v) is 18.0. The number of hydrogen-bond acceptors (Lipinski definition) is 9. The highest BCUT2D eigenvalue weighted by Crippen LogP contribution is 2.60. The minimum atomic E-state index is -1.71. The van der Waals surface area contributed by atoms with Gasteiger partial charge in [0.25, 0.3) is 11.1 Å². The predicted octanol–water partition coefficient (Wildman–Crippen LogP) is 7.18. The highest BCUT2D eigenvalue weighted by molar-refractivity contribution is 7.17. The SMILES string of the molecule is COc1cnc(Cl)cc1-c1cc(C)ncc1C(=O)Nc1nnc(OCC2CC3(C2)CC(O[Si](C)(C)C(C)(C)C)C3)s1. The molecule has 3 aromatic heterocycles. The highest BCUT2D eigenvalue weighted by atomic mass is 35.5. The first-order valence-electron chi connectivity index (χ1n) is 13.9. The number of rotatable bonds is 9. The van der Waals surface area contributed by atoms with Crippen molar-refractivity contribution in [1.82, 2.24) is 20.2 Å². The predicted molar refractivity (Wildman–Crippen MR) is 164 cm³/mol. The molecule has 1 amide bonds. The second-order valence-corrected chi connectivity index (χ2v) is 19.0. The Morgan fingerprint density at radius 2 is 1.85 bits per heavy atom. The van der Waals surface area contributed by atoms with Gasteiger partial charge in [-0.3, -0.25) is 15.1 Å². The van der Waals surface area contributed by atoms with Gasteiger partial charge in [0.05, 0.1) is 25.5 Å². The largest absolute Gasteiger partial charge is 0.494 e. The summed E-state index contributed by atoms with van der Waals surface area (Å²) in [6.07, 6.45) is 8.13. The molecule has 0 radical (unpaired) electrons. The Kier molecular flexibility index (Phi) is 8.19. The first kappa shape index (κ1) is 29.9. The van der Waals surface area contributed by atoms with E-state index in [9.17, 15) is 4.79 Å². The zero-order chi connectivity index (χ0) is 29.6. The van der Waals surface area contributed by atoms with Gasteiger partial charge in [0.15, 0.2) is 8.32 Å². The van der Waals surface area contributed by atoms with Gasteiger partial charge in [-0.1, -0.05) is 37.5 Å². The van der Waals surface area contributed by atoms with Gasteiger partial charge in [-0.2, -0.15) is 0 Å². The summed E-state index contributed by atoms with van der Waals surface area (Å²) in [5.41, 5.74) is 2.81. The number of nitrogens with zero attached hydrogens (tertiary/aromatic N) is 4. The summed E-state index contributed by atoms with van der Waals surface area (Å²) in [5, 5.41) is 12.4. The number of halogens is 1. The lowest BCUT2D eigenvalue weighted by molar-refractivity contribution is -0.112. The smallest absolute Gasteiger partial charge is 0.295 e. The van der Waals surface area contributed by atoms with Crippen LogP contribution < -0.4 is 14.8 Å². The quantitative estimate of drug-likeness (QED) is 0.199. The molecule has 12 heteroatoms. The zero-order valence-corrected chi connectivity index (χ0v) is 27.3. The molecule has 0 saturated heterocycles. The minimum Gasteiger partial charge on any atom is -0.494 e. The molecule has 2 fully saturated rings. The average molecular weight is 616 g/mol. The lowest BCUT2D eigenvalue weighted by Crippen LogP contribution is -2.56. The van der Waals surface area contributed by atoms with Crippen molar-refractivity contribution in [3.05, 3.63) is 40.9 Å². The van der Waals surface area contributed by atoms with Gasteiger partial charge in [-0.05, 0) is 85.5 Å². The van der Waals surface area contributed by atoms with Crippen molar-refractivity contribution in [3.8, 4) is 22.1 Å². The highest BCUT2D eigenvalue weighted by Gasteiger charge is 2.55. The van der Waals surface area contributed by atoms with E-state index >= 15 is 0 Å². The van der Waals surface area contributed by atoms with Crippen LogP contribution in [0, 0.1) is 18.3 Å². The lowest BCUT2D eigenvalue weighted by Gasteiger charge is -2.59. The molecule has 0 unspecified atom stereocenters. The van der Waals surface area contributed by atoms with E-state index < -0.39 is 8.32 Å². The number of aromatic nitrogens is 4. The maximum absolute atomic E-state index is 13.3. The van der Waals surface area contributed by atoms with Crippen molar-refractivity contribution in [1.29, 1.82) is 0 Å². The number of ether oxygens (including phenoxy) is 2. The summed E-state index contributed by atoms with van der Waals surface area (Å²) in [5.74, 6) is 0.638. The van der Waals surface area contributed by atoms with Crippen molar-refractivity contribution in [2.45, 2.75) is 77.6 Å².